The summed E-state index contributed by atoms with van der Waals surface area (Å²) in [6.45, 7) is 0. The van der Waals surface area contributed by atoms with Crippen LogP contribution in [0.1, 0.15) is 43.6 Å². The van der Waals surface area contributed by atoms with Crippen LogP contribution in [0, 0.1) is 23.7 Å². The summed E-state index contributed by atoms with van der Waals surface area (Å²) in [6.07, 6.45) is 6.15. The van der Waals surface area contributed by atoms with Crippen molar-refractivity contribution in [3.63, 3.8) is 0 Å². The number of halogens is 3. The molecule has 0 heterocycles. The average molecular weight is 637 g/mol. The summed E-state index contributed by atoms with van der Waals surface area (Å²) in [5.74, 6) is 5.76. The van der Waals surface area contributed by atoms with Gasteiger partial charge >= 0.3 is 0 Å². The molecule has 4 bridgehead atoms. The van der Waals surface area contributed by atoms with Crippen molar-refractivity contribution < 1.29 is 14.2 Å². The van der Waals surface area contributed by atoms with Gasteiger partial charge in [-0.15, -0.1) is 0 Å². The molecule has 4 fully saturated rings. The Bertz CT molecular complexity index is 1610. The van der Waals surface area contributed by atoms with Gasteiger partial charge in [-0.1, -0.05) is 34.8 Å². The Hall–Kier alpha value is -3.45. The number of ether oxygens (including phenoxy) is 3. The third kappa shape index (κ3) is 5.64. The summed E-state index contributed by atoms with van der Waals surface area (Å²) in [5, 5.41) is 1.53. The Balaban J connectivity index is 1.41. The third-order valence-electron chi connectivity index (χ3n) is 9.23. The summed E-state index contributed by atoms with van der Waals surface area (Å²) in [5.41, 5.74) is 21.3. The number of nitrogen functional groups attached to an aromatic ring is 3. The van der Waals surface area contributed by atoms with Gasteiger partial charge in [-0.3, -0.25) is 0 Å². The molecule has 0 spiro atoms. The smallest absolute Gasteiger partial charge is 0.151 e. The maximum Gasteiger partial charge on any atom is 0.151 e. The van der Waals surface area contributed by atoms with Crippen LogP contribution in [0.3, 0.4) is 0 Å². The first-order valence-electron chi connectivity index (χ1n) is 14.6. The number of rotatable bonds is 7. The second-order valence-corrected chi connectivity index (χ2v) is 13.5. The van der Waals surface area contributed by atoms with E-state index in [9.17, 15) is 0 Å². The Morgan fingerprint density at radius 3 is 1.30 bits per heavy atom. The lowest BCUT2D eigenvalue weighted by molar-refractivity contribution is -0.00396. The first-order valence-corrected chi connectivity index (χ1v) is 15.7. The summed E-state index contributed by atoms with van der Waals surface area (Å²) in [7, 11) is 0. The highest BCUT2D eigenvalue weighted by Gasteiger charge is 2.50. The van der Waals surface area contributed by atoms with Gasteiger partial charge in [0.05, 0.1) is 17.1 Å². The van der Waals surface area contributed by atoms with E-state index in [-0.39, 0.29) is 5.92 Å². The van der Waals surface area contributed by atoms with Gasteiger partial charge in [0.1, 0.15) is 17.2 Å². The lowest BCUT2D eigenvalue weighted by atomic mass is 9.50. The van der Waals surface area contributed by atoms with Crippen molar-refractivity contribution in [2.45, 2.75) is 38.0 Å². The molecule has 0 saturated heterocycles. The third-order valence-corrected chi connectivity index (χ3v) is 9.94. The standard InChI is InChI=1S/C34H32Cl3N3O3/c35-21-1-4-25(38)28(12-21)41-24-15-31(42-29-13-22(36)2-5-26(29)39)34(32(16-24)43-30-14-23(37)3-6-27(30)40)33-19-8-17-7-18(10-19)11-20(33)9-17/h1-6,12-20,33H,7-11,38-40H2. The van der Waals surface area contributed by atoms with E-state index in [0.717, 1.165) is 17.4 Å². The van der Waals surface area contributed by atoms with Gasteiger partial charge in [-0.05, 0) is 98.1 Å². The van der Waals surface area contributed by atoms with E-state index in [4.69, 9.17) is 66.2 Å². The number of anilines is 3. The van der Waals surface area contributed by atoms with Crippen molar-refractivity contribution in [1.82, 2.24) is 0 Å². The predicted octanol–water partition coefficient (Wildman–Crippen LogP) is 10.3. The van der Waals surface area contributed by atoms with Crippen molar-refractivity contribution in [3.05, 3.63) is 87.4 Å². The maximum absolute atomic E-state index is 6.66. The van der Waals surface area contributed by atoms with E-state index >= 15 is 0 Å². The molecule has 0 aliphatic heterocycles. The van der Waals surface area contributed by atoms with Crippen LogP contribution in [0.4, 0.5) is 17.1 Å². The molecule has 43 heavy (non-hydrogen) atoms. The van der Waals surface area contributed by atoms with Crippen LogP contribution in [0.2, 0.25) is 15.1 Å². The zero-order valence-corrected chi connectivity index (χ0v) is 25.6. The molecule has 4 aliphatic rings. The van der Waals surface area contributed by atoms with Gasteiger partial charge in [0, 0.05) is 51.0 Å². The van der Waals surface area contributed by atoms with Crippen LogP contribution in [0.25, 0.3) is 0 Å². The summed E-state index contributed by atoms with van der Waals surface area (Å²) in [4.78, 5) is 0. The predicted molar refractivity (Wildman–Crippen MR) is 174 cm³/mol. The van der Waals surface area contributed by atoms with E-state index in [1.165, 1.54) is 32.1 Å². The molecule has 0 unspecified atom stereocenters. The Morgan fingerprint density at radius 2 is 0.884 bits per heavy atom. The highest BCUT2D eigenvalue weighted by molar-refractivity contribution is 6.31. The zero-order valence-electron chi connectivity index (χ0n) is 23.4. The second kappa shape index (κ2) is 11.2. The Labute approximate surface area is 266 Å². The van der Waals surface area contributed by atoms with Crippen molar-refractivity contribution in [3.8, 4) is 34.5 Å². The lowest BCUT2D eigenvalue weighted by Gasteiger charge is -2.54. The minimum absolute atomic E-state index is 0.226. The summed E-state index contributed by atoms with van der Waals surface area (Å²) in [6, 6.07) is 19.2. The normalized spacial score (nSPS) is 23.7. The summed E-state index contributed by atoms with van der Waals surface area (Å²) >= 11 is 19.0. The molecule has 4 aliphatic carbocycles. The molecule has 4 aromatic rings. The minimum atomic E-state index is 0.226. The second-order valence-electron chi connectivity index (χ2n) is 12.1. The number of benzene rings is 4. The van der Waals surface area contributed by atoms with Crippen LogP contribution in [0.15, 0.2) is 66.7 Å². The molecule has 4 aromatic carbocycles. The van der Waals surface area contributed by atoms with E-state index in [0.29, 0.717) is 78.5 Å². The fourth-order valence-electron chi connectivity index (χ4n) is 7.68. The molecule has 0 radical (unpaired) electrons. The molecular weight excluding hydrogens is 605 g/mol. The topological polar surface area (TPSA) is 106 Å². The molecule has 4 saturated carbocycles. The van der Waals surface area contributed by atoms with Crippen LogP contribution in [0.5, 0.6) is 34.5 Å². The first-order chi connectivity index (χ1) is 20.7. The maximum atomic E-state index is 6.66. The van der Waals surface area contributed by atoms with Crippen molar-refractivity contribution in [2.24, 2.45) is 23.7 Å². The fourth-order valence-corrected chi connectivity index (χ4v) is 8.17. The van der Waals surface area contributed by atoms with Crippen molar-refractivity contribution in [1.29, 1.82) is 0 Å². The number of hydrogen-bond donors (Lipinski definition) is 3. The first kappa shape index (κ1) is 28.3. The van der Waals surface area contributed by atoms with E-state index in [1.807, 2.05) is 12.1 Å². The van der Waals surface area contributed by atoms with Crippen LogP contribution >= 0.6 is 34.8 Å². The Kier molecular flexibility index (Phi) is 7.40. The molecule has 6 N–H and O–H groups in total. The number of hydrogen-bond acceptors (Lipinski definition) is 6. The van der Waals surface area contributed by atoms with Gasteiger partial charge < -0.3 is 31.4 Å². The quantitative estimate of drug-likeness (QED) is 0.174. The van der Waals surface area contributed by atoms with E-state index < -0.39 is 0 Å². The summed E-state index contributed by atoms with van der Waals surface area (Å²) < 4.78 is 19.6. The highest BCUT2D eigenvalue weighted by Crippen LogP contribution is 2.63. The number of nitrogens with two attached hydrogens (primary N) is 3. The fraction of sp³-hybridized carbons (Fsp3) is 0.294. The van der Waals surface area contributed by atoms with Crippen LogP contribution in [-0.4, -0.2) is 0 Å². The van der Waals surface area contributed by atoms with Gasteiger partial charge in [-0.25, -0.2) is 0 Å². The lowest BCUT2D eigenvalue weighted by Crippen LogP contribution is -2.43. The molecule has 0 amide bonds. The van der Waals surface area contributed by atoms with Gasteiger partial charge in [0.2, 0.25) is 0 Å². The van der Waals surface area contributed by atoms with Crippen LogP contribution in [-0.2, 0) is 0 Å². The van der Waals surface area contributed by atoms with Gasteiger partial charge in [0.15, 0.2) is 17.2 Å². The largest absolute Gasteiger partial charge is 0.455 e. The van der Waals surface area contributed by atoms with Crippen molar-refractivity contribution in [2.75, 3.05) is 17.2 Å². The highest BCUT2D eigenvalue weighted by atomic mass is 35.5. The molecular formula is C34H32Cl3N3O3. The molecule has 8 rings (SSSR count). The van der Waals surface area contributed by atoms with Crippen LogP contribution < -0.4 is 31.4 Å². The van der Waals surface area contributed by atoms with E-state index in [1.54, 1.807) is 54.6 Å². The molecule has 6 nitrogen and oxygen atoms in total. The van der Waals surface area contributed by atoms with Gasteiger partial charge in [0.25, 0.3) is 0 Å². The minimum Gasteiger partial charge on any atom is -0.455 e. The SMILES string of the molecule is Nc1ccc(Cl)cc1Oc1cc(Oc2cc(Cl)ccc2N)c(C2C3CC4CC(C3)CC2C4)c(Oc2cc(Cl)ccc2N)c1. The Morgan fingerprint density at radius 1 is 0.488 bits per heavy atom. The molecule has 0 atom stereocenters. The monoisotopic (exact) mass is 635 g/mol. The average Bonchev–Trinajstić information content (AvgIpc) is 2.95. The molecule has 9 heteroatoms. The van der Waals surface area contributed by atoms with Crippen molar-refractivity contribution >= 4 is 51.9 Å². The van der Waals surface area contributed by atoms with E-state index in [2.05, 4.69) is 0 Å². The zero-order chi connectivity index (χ0) is 29.8. The molecule has 222 valence electrons. The molecule has 0 aromatic heterocycles. The van der Waals surface area contributed by atoms with Gasteiger partial charge in [-0.2, -0.15) is 0 Å².